The van der Waals surface area contributed by atoms with Crippen molar-refractivity contribution in [3.63, 3.8) is 0 Å². The molecule has 0 saturated carbocycles. The van der Waals surface area contributed by atoms with Gasteiger partial charge in [0.1, 0.15) is 0 Å². The van der Waals surface area contributed by atoms with Crippen LogP contribution < -0.4 is 0 Å². The van der Waals surface area contributed by atoms with Crippen LogP contribution in [-0.2, 0) is 4.79 Å². The summed E-state index contributed by atoms with van der Waals surface area (Å²) < 4.78 is 0.182. The molecule has 0 aromatic rings. The molecule has 0 N–H and O–H groups in total. The summed E-state index contributed by atoms with van der Waals surface area (Å²) in [6.45, 7) is 2.07. The summed E-state index contributed by atoms with van der Waals surface area (Å²) in [5.74, 6) is 0. The van der Waals surface area contributed by atoms with Gasteiger partial charge in [0.15, 0.2) is 0 Å². The molecule has 0 atom stereocenters. The first-order chi connectivity index (χ1) is 3.27. The van der Waals surface area contributed by atoms with Crippen LogP contribution in [0.2, 0.25) is 0 Å². The molecule has 0 unspecified atom stereocenters. The zero-order chi connectivity index (χ0) is 5.70. The fourth-order valence-electron chi connectivity index (χ4n) is 0.321. The molecule has 0 saturated heterocycles. The third-order valence-corrected chi connectivity index (χ3v) is 1.16. The molecule has 0 aromatic heterocycles. The number of hydrogen-bond donors (Lipinski definition) is 0. The molecule has 0 aliphatic carbocycles. The van der Waals surface area contributed by atoms with E-state index in [1.165, 1.54) is 0 Å². The maximum atomic E-state index is 10.1. The van der Waals surface area contributed by atoms with Crippen molar-refractivity contribution in [3.8, 4) is 0 Å². The Morgan fingerprint density at radius 3 is 2.43 bits per heavy atom. The fourth-order valence-corrected chi connectivity index (χ4v) is 0.624. The van der Waals surface area contributed by atoms with Crippen LogP contribution >= 0.6 is 0 Å². The van der Waals surface area contributed by atoms with E-state index in [4.69, 9.17) is 0 Å². The number of carbonyl (C=O) groups excluding carboxylic acids is 1. The summed E-state index contributed by atoms with van der Waals surface area (Å²) in [5.41, 5.74) is 0. The van der Waals surface area contributed by atoms with Crippen molar-refractivity contribution < 1.29 is 4.79 Å². The molecule has 0 rings (SSSR count). The van der Waals surface area contributed by atoms with Crippen molar-refractivity contribution >= 4 is 20.7 Å². The van der Waals surface area contributed by atoms with Gasteiger partial charge in [0.2, 0.25) is 0 Å². The molecule has 1 nitrogen and oxygen atoms in total. The van der Waals surface area contributed by atoms with Crippen LogP contribution in [0.4, 0.5) is 0 Å². The molecule has 0 aliphatic heterocycles. The monoisotopic (exact) mass is 165 g/mol. The Bertz CT molecular complexity index is 61.1. The summed E-state index contributed by atoms with van der Waals surface area (Å²) in [6.07, 6.45) is 2.83. The minimum absolute atomic E-state index is 0.182. The Hall–Kier alpha value is 0.189. The molecule has 0 amide bonds. The van der Waals surface area contributed by atoms with Crippen LogP contribution in [0.1, 0.15) is 26.2 Å². The van der Waals surface area contributed by atoms with E-state index in [2.05, 4.69) is 22.9 Å². The van der Waals surface area contributed by atoms with Crippen LogP contribution in [-0.4, -0.2) is 20.7 Å². The van der Waals surface area contributed by atoms with Crippen molar-refractivity contribution in [1.29, 1.82) is 0 Å². The molecule has 0 heterocycles. The Morgan fingerprint density at radius 2 is 2.29 bits per heavy atom. The predicted octanol–water partition coefficient (Wildman–Crippen LogP) is 0.872. The fraction of sp³-hybridized carbons (Fsp3) is 0.800. The van der Waals surface area contributed by atoms with Crippen molar-refractivity contribution in [2.24, 2.45) is 0 Å². The molecular formula is C5H9OSe. The topological polar surface area (TPSA) is 17.1 Å². The van der Waals surface area contributed by atoms with E-state index in [0.717, 1.165) is 12.8 Å². The van der Waals surface area contributed by atoms with E-state index in [1.54, 1.807) is 0 Å². The van der Waals surface area contributed by atoms with Gasteiger partial charge in [-0.2, -0.15) is 0 Å². The molecule has 0 bridgehead atoms. The molecule has 7 heavy (non-hydrogen) atoms. The molecule has 0 aliphatic rings. The average Bonchev–Trinajstić information content (AvgIpc) is 1.61. The van der Waals surface area contributed by atoms with Gasteiger partial charge in [0.05, 0.1) is 0 Å². The van der Waals surface area contributed by atoms with Gasteiger partial charge in [-0.3, -0.25) is 0 Å². The third-order valence-electron chi connectivity index (χ3n) is 0.734. The summed E-state index contributed by atoms with van der Waals surface area (Å²) in [6, 6.07) is 0. The third kappa shape index (κ3) is 6.19. The van der Waals surface area contributed by atoms with Crippen molar-refractivity contribution in [3.05, 3.63) is 0 Å². The molecule has 0 fully saturated rings. The summed E-state index contributed by atoms with van der Waals surface area (Å²) in [7, 11) is 0. The molecular weight excluding hydrogens is 155 g/mol. The van der Waals surface area contributed by atoms with E-state index in [9.17, 15) is 4.79 Å². The molecule has 41 valence electrons. The Labute approximate surface area is 52.3 Å². The molecule has 0 spiro atoms. The van der Waals surface area contributed by atoms with Gasteiger partial charge in [-0.25, -0.2) is 0 Å². The SMILES string of the molecule is CCCCC(=O)[Se]. The second-order valence-electron chi connectivity index (χ2n) is 1.48. The van der Waals surface area contributed by atoms with Gasteiger partial charge in [-0.05, 0) is 0 Å². The van der Waals surface area contributed by atoms with Crippen LogP contribution in [0.15, 0.2) is 0 Å². The zero-order valence-electron chi connectivity index (χ0n) is 4.44. The van der Waals surface area contributed by atoms with Gasteiger partial charge in [0, 0.05) is 0 Å². The number of unbranched alkanes of at least 4 members (excludes halogenated alkanes) is 1. The average molecular weight is 164 g/mol. The Kier molecular flexibility index (Phi) is 4.47. The Balaban J connectivity index is 2.82. The minimum atomic E-state index is 0.182. The van der Waals surface area contributed by atoms with E-state index >= 15 is 0 Å². The van der Waals surface area contributed by atoms with E-state index in [-0.39, 0.29) is 4.68 Å². The predicted molar refractivity (Wildman–Crippen MR) is 30.3 cm³/mol. The number of carbonyl (C=O) groups is 1. The van der Waals surface area contributed by atoms with Crippen LogP contribution in [0, 0.1) is 0 Å². The van der Waals surface area contributed by atoms with Gasteiger partial charge in [-0.15, -0.1) is 0 Å². The summed E-state index contributed by atoms with van der Waals surface area (Å²) in [4.78, 5) is 10.1. The number of rotatable bonds is 3. The van der Waals surface area contributed by atoms with Crippen LogP contribution in [0.25, 0.3) is 0 Å². The Morgan fingerprint density at radius 1 is 1.71 bits per heavy atom. The molecule has 2 heteroatoms. The second-order valence-corrected chi connectivity index (χ2v) is 2.43. The van der Waals surface area contributed by atoms with E-state index in [1.807, 2.05) is 0 Å². The van der Waals surface area contributed by atoms with E-state index < -0.39 is 0 Å². The molecule has 0 aromatic carbocycles. The first-order valence-electron chi connectivity index (χ1n) is 2.47. The number of hydrogen-bond acceptors (Lipinski definition) is 1. The van der Waals surface area contributed by atoms with Crippen molar-refractivity contribution in [2.75, 3.05) is 0 Å². The van der Waals surface area contributed by atoms with Gasteiger partial charge in [0.25, 0.3) is 0 Å². The normalized spacial score (nSPS) is 8.71. The van der Waals surface area contributed by atoms with Gasteiger partial charge in [-0.1, -0.05) is 0 Å². The van der Waals surface area contributed by atoms with Crippen LogP contribution in [0.3, 0.4) is 0 Å². The summed E-state index contributed by atoms with van der Waals surface area (Å²) in [5, 5.41) is 0. The van der Waals surface area contributed by atoms with Crippen molar-refractivity contribution in [1.82, 2.24) is 0 Å². The molecule has 1 radical (unpaired) electrons. The standard InChI is InChI=1S/C5H9OSe/c1-2-3-4-5(6)7/h2-4H2,1H3. The quantitative estimate of drug-likeness (QED) is 0.565. The zero-order valence-corrected chi connectivity index (χ0v) is 6.15. The van der Waals surface area contributed by atoms with Gasteiger partial charge < -0.3 is 0 Å². The second kappa shape index (κ2) is 4.35. The van der Waals surface area contributed by atoms with Crippen LogP contribution in [0.5, 0.6) is 0 Å². The first-order valence-corrected chi connectivity index (χ1v) is 3.33. The van der Waals surface area contributed by atoms with E-state index in [0.29, 0.717) is 6.42 Å². The maximum absolute atomic E-state index is 10.1. The van der Waals surface area contributed by atoms with Crippen molar-refractivity contribution in [2.45, 2.75) is 26.2 Å². The summed E-state index contributed by atoms with van der Waals surface area (Å²) >= 11 is 2.44. The van der Waals surface area contributed by atoms with Gasteiger partial charge >= 0.3 is 51.7 Å². The first kappa shape index (κ1) is 7.19.